The van der Waals surface area contributed by atoms with Crippen LogP contribution in [-0.2, 0) is 6.54 Å². The van der Waals surface area contributed by atoms with Crippen LogP contribution < -0.4 is 16.7 Å². The summed E-state index contributed by atoms with van der Waals surface area (Å²) < 4.78 is 1.79. The Morgan fingerprint density at radius 3 is 2.53 bits per heavy atom. The number of anilines is 1. The summed E-state index contributed by atoms with van der Waals surface area (Å²) in [7, 11) is 0. The molecule has 0 atom stereocenters. The molecule has 3 N–H and O–H groups in total. The van der Waals surface area contributed by atoms with Gasteiger partial charge in [0.2, 0.25) is 0 Å². The molecule has 1 heterocycles. The Labute approximate surface area is 108 Å². The minimum absolute atomic E-state index is 0.0655. The summed E-state index contributed by atoms with van der Waals surface area (Å²) in [5.74, 6) is 5.27. The van der Waals surface area contributed by atoms with Gasteiger partial charge in [-0.3, -0.25) is 20.8 Å². The molecule has 2 rings (SSSR count). The summed E-state index contributed by atoms with van der Waals surface area (Å²) in [5.41, 5.74) is 3.26. The SMILES string of the molecule is NNc1cc(Cn2ccc(=O)cc2)ccc1[N+](=O)[O-]. The molecule has 1 aromatic heterocycles. The lowest BCUT2D eigenvalue weighted by Crippen LogP contribution is -2.10. The zero-order valence-electron chi connectivity index (χ0n) is 9.95. The van der Waals surface area contributed by atoms with Crippen LogP contribution in [-0.4, -0.2) is 9.49 Å². The van der Waals surface area contributed by atoms with Gasteiger partial charge in [-0.15, -0.1) is 0 Å². The van der Waals surface area contributed by atoms with E-state index in [1.807, 2.05) is 0 Å². The molecule has 1 aromatic carbocycles. The highest BCUT2D eigenvalue weighted by molar-refractivity contribution is 5.62. The van der Waals surface area contributed by atoms with E-state index >= 15 is 0 Å². The van der Waals surface area contributed by atoms with Gasteiger partial charge in [0.25, 0.3) is 5.69 Å². The third-order valence-electron chi connectivity index (χ3n) is 2.64. The Hall–Kier alpha value is -2.67. The van der Waals surface area contributed by atoms with Crippen molar-refractivity contribution in [2.24, 2.45) is 5.84 Å². The number of benzene rings is 1. The number of nitrogen functional groups attached to an aromatic ring is 1. The molecule has 2 aromatic rings. The van der Waals surface area contributed by atoms with Gasteiger partial charge in [0.15, 0.2) is 5.43 Å². The summed E-state index contributed by atoms with van der Waals surface area (Å²) in [5, 5.41) is 10.8. The Bertz CT molecular complexity index is 646. The molecule has 0 aliphatic heterocycles. The van der Waals surface area contributed by atoms with Gasteiger partial charge < -0.3 is 9.99 Å². The molecule has 19 heavy (non-hydrogen) atoms. The number of pyridine rings is 1. The van der Waals surface area contributed by atoms with Crippen LogP contribution in [0.2, 0.25) is 0 Å². The van der Waals surface area contributed by atoms with Gasteiger partial charge in [-0.05, 0) is 11.6 Å². The van der Waals surface area contributed by atoms with E-state index in [1.165, 1.54) is 18.2 Å². The van der Waals surface area contributed by atoms with Crippen molar-refractivity contribution in [2.45, 2.75) is 6.54 Å². The van der Waals surface area contributed by atoms with Crippen molar-refractivity contribution in [1.82, 2.24) is 4.57 Å². The lowest BCUT2D eigenvalue weighted by Gasteiger charge is -2.08. The summed E-state index contributed by atoms with van der Waals surface area (Å²) in [6.45, 7) is 0.493. The number of hydrogen-bond donors (Lipinski definition) is 2. The van der Waals surface area contributed by atoms with Crippen LogP contribution in [0.4, 0.5) is 11.4 Å². The predicted molar refractivity (Wildman–Crippen MR) is 70.7 cm³/mol. The van der Waals surface area contributed by atoms with E-state index in [1.54, 1.807) is 29.1 Å². The zero-order chi connectivity index (χ0) is 13.8. The number of hydrogen-bond acceptors (Lipinski definition) is 5. The molecule has 0 bridgehead atoms. The number of nitrogens with two attached hydrogens (primary N) is 1. The third kappa shape index (κ3) is 2.96. The van der Waals surface area contributed by atoms with Crippen molar-refractivity contribution in [2.75, 3.05) is 5.43 Å². The van der Waals surface area contributed by atoms with Gasteiger partial charge in [-0.1, -0.05) is 6.07 Å². The zero-order valence-corrected chi connectivity index (χ0v) is 9.95. The molecule has 0 aliphatic carbocycles. The van der Waals surface area contributed by atoms with Crippen molar-refractivity contribution in [1.29, 1.82) is 0 Å². The monoisotopic (exact) mass is 260 g/mol. The average molecular weight is 260 g/mol. The summed E-state index contributed by atoms with van der Waals surface area (Å²) in [4.78, 5) is 21.2. The lowest BCUT2D eigenvalue weighted by atomic mass is 10.1. The van der Waals surface area contributed by atoms with E-state index in [-0.39, 0.29) is 16.8 Å². The van der Waals surface area contributed by atoms with Crippen LogP contribution in [0.1, 0.15) is 5.56 Å². The first-order valence-electron chi connectivity index (χ1n) is 5.50. The largest absolute Gasteiger partial charge is 0.350 e. The van der Waals surface area contributed by atoms with Gasteiger partial charge in [0.1, 0.15) is 5.69 Å². The molecule has 0 saturated heterocycles. The Morgan fingerprint density at radius 1 is 1.26 bits per heavy atom. The number of nitro benzene ring substituents is 1. The Kier molecular flexibility index (Phi) is 3.58. The van der Waals surface area contributed by atoms with E-state index in [0.717, 1.165) is 5.56 Å². The predicted octanol–water partition coefficient (Wildman–Crippen LogP) is 1.09. The van der Waals surface area contributed by atoms with Gasteiger partial charge in [0.05, 0.1) is 4.92 Å². The number of nitrogens with zero attached hydrogens (tertiary/aromatic N) is 2. The smallest absolute Gasteiger partial charge is 0.293 e. The van der Waals surface area contributed by atoms with Gasteiger partial charge >= 0.3 is 0 Å². The van der Waals surface area contributed by atoms with Gasteiger partial charge in [-0.25, -0.2) is 0 Å². The highest BCUT2D eigenvalue weighted by atomic mass is 16.6. The van der Waals surface area contributed by atoms with Crippen LogP contribution in [0.25, 0.3) is 0 Å². The maximum atomic E-state index is 11.0. The fraction of sp³-hybridized carbons (Fsp3) is 0.0833. The molecule has 0 radical (unpaired) electrons. The number of nitrogens with one attached hydrogen (secondary N) is 1. The first-order valence-corrected chi connectivity index (χ1v) is 5.50. The highest BCUT2D eigenvalue weighted by Gasteiger charge is 2.12. The molecule has 0 spiro atoms. The van der Waals surface area contributed by atoms with Gasteiger partial charge in [0, 0.05) is 37.1 Å². The van der Waals surface area contributed by atoms with Crippen LogP contribution in [0.3, 0.4) is 0 Å². The van der Waals surface area contributed by atoms with Crippen molar-refractivity contribution >= 4 is 11.4 Å². The minimum atomic E-state index is -0.502. The second-order valence-corrected chi connectivity index (χ2v) is 3.96. The molecule has 0 unspecified atom stereocenters. The second-order valence-electron chi connectivity index (χ2n) is 3.96. The molecule has 7 nitrogen and oxygen atoms in total. The quantitative estimate of drug-likeness (QED) is 0.486. The van der Waals surface area contributed by atoms with Crippen LogP contribution >= 0.6 is 0 Å². The standard InChI is InChI=1S/C12H12N4O3/c13-14-11-7-9(1-2-12(11)16(18)19)8-15-5-3-10(17)4-6-15/h1-7,14H,8,13H2. The van der Waals surface area contributed by atoms with E-state index in [4.69, 9.17) is 5.84 Å². The maximum Gasteiger partial charge on any atom is 0.293 e. The van der Waals surface area contributed by atoms with Crippen LogP contribution in [0, 0.1) is 10.1 Å². The Morgan fingerprint density at radius 2 is 1.95 bits per heavy atom. The van der Waals surface area contributed by atoms with E-state index in [2.05, 4.69) is 5.43 Å². The third-order valence-corrected chi connectivity index (χ3v) is 2.64. The van der Waals surface area contributed by atoms with Crippen molar-refractivity contribution < 1.29 is 4.92 Å². The normalized spacial score (nSPS) is 10.2. The molecular formula is C12H12N4O3. The van der Waals surface area contributed by atoms with Gasteiger partial charge in [-0.2, -0.15) is 0 Å². The van der Waals surface area contributed by atoms with E-state index in [9.17, 15) is 14.9 Å². The summed E-state index contributed by atoms with van der Waals surface area (Å²) >= 11 is 0. The lowest BCUT2D eigenvalue weighted by molar-refractivity contribution is -0.384. The number of nitro groups is 1. The minimum Gasteiger partial charge on any atom is -0.350 e. The van der Waals surface area contributed by atoms with Crippen molar-refractivity contribution in [3.63, 3.8) is 0 Å². The molecule has 98 valence electrons. The molecule has 0 saturated carbocycles. The topological polar surface area (TPSA) is 103 Å². The molecular weight excluding hydrogens is 248 g/mol. The fourth-order valence-electron chi connectivity index (χ4n) is 1.72. The fourth-order valence-corrected chi connectivity index (χ4v) is 1.72. The number of rotatable bonds is 4. The molecule has 0 aliphatic rings. The van der Waals surface area contributed by atoms with Crippen molar-refractivity contribution in [3.8, 4) is 0 Å². The number of hydrazine groups is 1. The summed E-state index contributed by atoms with van der Waals surface area (Å²) in [6.07, 6.45) is 3.30. The molecule has 7 heteroatoms. The van der Waals surface area contributed by atoms with E-state index in [0.29, 0.717) is 6.54 Å². The molecule has 0 fully saturated rings. The second kappa shape index (κ2) is 5.32. The maximum absolute atomic E-state index is 11.0. The average Bonchev–Trinajstić information content (AvgIpc) is 2.41. The Balaban J connectivity index is 2.28. The van der Waals surface area contributed by atoms with E-state index < -0.39 is 4.92 Å². The van der Waals surface area contributed by atoms with Crippen LogP contribution in [0.15, 0.2) is 47.5 Å². The van der Waals surface area contributed by atoms with Crippen LogP contribution in [0.5, 0.6) is 0 Å². The van der Waals surface area contributed by atoms with Crippen molar-refractivity contribution in [3.05, 3.63) is 68.6 Å². The number of aromatic nitrogens is 1. The first-order chi connectivity index (χ1) is 9.10. The molecule has 0 amide bonds. The summed E-state index contributed by atoms with van der Waals surface area (Å²) in [6, 6.07) is 7.56. The highest BCUT2D eigenvalue weighted by Crippen LogP contribution is 2.24. The first kappa shape index (κ1) is 12.8.